The molecule has 0 bridgehead atoms. The zero-order valence-electron chi connectivity index (χ0n) is 11.3. The van der Waals surface area contributed by atoms with Crippen molar-refractivity contribution in [1.82, 2.24) is 5.32 Å². The molecule has 0 saturated carbocycles. The molecule has 0 spiro atoms. The van der Waals surface area contributed by atoms with Gasteiger partial charge in [0, 0.05) is 24.5 Å². The van der Waals surface area contributed by atoms with E-state index in [9.17, 15) is 9.90 Å². The second kappa shape index (κ2) is 6.80. The van der Waals surface area contributed by atoms with Gasteiger partial charge in [-0.15, -0.1) is 11.8 Å². The van der Waals surface area contributed by atoms with E-state index < -0.39 is 5.60 Å². The van der Waals surface area contributed by atoms with Crippen LogP contribution in [0, 0.1) is 0 Å². The first-order valence-corrected chi connectivity index (χ1v) is 7.86. The van der Waals surface area contributed by atoms with Gasteiger partial charge in [0.05, 0.1) is 16.9 Å². The quantitative estimate of drug-likeness (QED) is 0.817. The van der Waals surface area contributed by atoms with Crippen LogP contribution in [0.25, 0.3) is 0 Å². The molecule has 1 aliphatic heterocycles. The van der Waals surface area contributed by atoms with Crippen molar-refractivity contribution in [1.29, 1.82) is 0 Å². The van der Waals surface area contributed by atoms with Crippen LogP contribution in [0.3, 0.4) is 0 Å². The number of benzene rings is 1. The van der Waals surface area contributed by atoms with Gasteiger partial charge in [-0.05, 0) is 19.1 Å². The van der Waals surface area contributed by atoms with Crippen molar-refractivity contribution in [2.24, 2.45) is 0 Å². The minimum absolute atomic E-state index is 0.123. The number of carbonyl (C=O) groups excluding carboxylic acids is 1. The molecule has 0 aliphatic carbocycles. The highest BCUT2D eigenvalue weighted by atomic mass is 35.5. The van der Waals surface area contributed by atoms with Crippen LogP contribution < -0.4 is 5.32 Å². The van der Waals surface area contributed by atoms with Gasteiger partial charge < -0.3 is 15.2 Å². The fourth-order valence-electron chi connectivity index (χ4n) is 2.01. The van der Waals surface area contributed by atoms with E-state index in [2.05, 4.69) is 5.32 Å². The molecule has 2 rings (SSSR count). The van der Waals surface area contributed by atoms with Crippen molar-refractivity contribution < 1.29 is 14.6 Å². The molecule has 0 aromatic heterocycles. The van der Waals surface area contributed by atoms with E-state index in [1.54, 1.807) is 6.07 Å². The second-order valence-electron chi connectivity index (χ2n) is 4.86. The maximum Gasteiger partial charge on any atom is 0.230 e. The molecule has 1 aromatic rings. The van der Waals surface area contributed by atoms with Gasteiger partial charge in [-0.2, -0.15) is 0 Å². The molecule has 110 valence electrons. The average Bonchev–Trinajstić information content (AvgIpc) is 2.76. The summed E-state index contributed by atoms with van der Waals surface area (Å²) in [5.41, 5.74) is -0.954. The van der Waals surface area contributed by atoms with E-state index in [0.717, 1.165) is 4.90 Å². The Morgan fingerprint density at radius 1 is 1.60 bits per heavy atom. The highest BCUT2D eigenvalue weighted by Gasteiger charge is 2.39. The minimum Gasteiger partial charge on any atom is -0.385 e. The van der Waals surface area contributed by atoms with Gasteiger partial charge in [0.15, 0.2) is 0 Å². The molecular weight excluding hydrogens is 298 g/mol. The molecule has 1 aliphatic rings. The maximum atomic E-state index is 11.8. The van der Waals surface area contributed by atoms with Crippen LogP contribution in [-0.2, 0) is 9.53 Å². The Morgan fingerprint density at radius 2 is 2.35 bits per heavy atom. The second-order valence-corrected chi connectivity index (χ2v) is 6.29. The Kier molecular flexibility index (Phi) is 5.32. The van der Waals surface area contributed by atoms with E-state index >= 15 is 0 Å². The molecule has 2 atom stereocenters. The third-order valence-corrected chi connectivity index (χ3v) is 4.96. The van der Waals surface area contributed by atoms with Crippen molar-refractivity contribution in [2.75, 3.05) is 18.9 Å². The normalized spacial score (nSPS) is 25.6. The lowest BCUT2D eigenvalue weighted by atomic mass is 9.97. The van der Waals surface area contributed by atoms with E-state index in [1.807, 2.05) is 25.1 Å². The smallest absolute Gasteiger partial charge is 0.230 e. The Hall–Kier alpha value is -0.750. The number of hydrogen-bond donors (Lipinski definition) is 2. The SMILES string of the molecule is CC1OCCC1(O)CNC(=O)CSc1ccccc1Cl. The van der Waals surface area contributed by atoms with Gasteiger partial charge in [0.2, 0.25) is 5.91 Å². The number of aliphatic hydroxyl groups is 1. The molecule has 20 heavy (non-hydrogen) atoms. The third kappa shape index (κ3) is 3.88. The summed E-state index contributed by atoms with van der Waals surface area (Å²) in [5, 5.41) is 13.7. The molecule has 0 radical (unpaired) electrons. The van der Waals surface area contributed by atoms with E-state index in [0.29, 0.717) is 18.1 Å². The fourth-order valence-corrected chi connectivity index (χ4v) is 3.08. The lowest BCUT2D eigenvalue weighted by Gasteiger charge is -2.26. The summed E-state index contributed by atoms with van der Waals surface area (Å²) in [7, 11) is 0. The Morgan fingerprint density at radius 3 is 3.00 bits per heavy atom. The molecule has 1 aromatic carbocycles. The monoisotopic (exact) mass is 315 g/mol. The topological polar surface area (TPSA) is 58.6 Å². The molecule has 2 unspecified atom stereocenters. The summed E-state index contributed by atoms with van der Waals surface area (Å²) < 4.78 is 5.32. The van der Waals surface area contributed by atoms with Gasteiger partial charge in [0.25, 0.3) is 0 Å². The fraction of sp³-hybridized carbons (Fsp3) is 0.500. The van der Waals surface area contributed by atoms with Crippen molar-refractivity contribution in [3.63, 3.8) is 0 Å². The molecule has 4 nitrogen and oxygen atoms in total. The van der Waals surface area contributed by atoms with Crippen LogP contribution in [0.15, 0.2) is 29.2 Å². The molecule has 1 saturated heterocycles. The van der Waals surface area contributed by atoms with E-state index in [1.165, 1.54) is 11.8 Å². The molecular formula is C14H18ClNO3S. The minimum atomic E-state index is -0.954. The van der Waals surface area contributed by atoms with Crippen molar-refractivity contribution in [3.05, 3.63) is 29.3 Å². The summed E-state index contributed by atoms with van der Waals surface area (Å²) in [5.74, 6) is 0.150. The van der Waals surface area contributed by atoms with Crippen LogP contribution in [0.1, 0.15) is 13.3 Å². The number of thioether (sulfide) groups is 1. The van der Waals surface area contributed by atoms with Gasteiger partial charge >= 0.3 is 0 Å². The van der Waals surface area contributed by atoms with Gasteiger partial charge in [0.1, 0.15) is 5.60 Å². The summed E-state index contributed by atoms with van der Waals surface area (Å²) in [4.78, 5) is 12.7. The highest BCUT2D eigenvalue weighted by Crippen LogP contribution is 2.27. The Balaban J connectivity index is 1.77. The number of amides is 1. The summed E-state index contributed by atoms with van der Waals surface area (Å²) in [6, 6.07) is 7.40. The largest absolute Gasteiger partial charge is 0.385 e. The zero-order valence-corrected chi connectivity index (χ0v) is 12.8. The lowest BCUT2D eigenvalue weighted by Crippen LogP contribution is -2.47. The summed E-state index contributed by atoms with van der Waals surface area (Å²) in [6.07, 6.45) is 0.297. The number of carbonyl (C=O) groups is 1. The maximum absolute atomic E-state index is 11.8. The van der Waals surface area contributed by atoms with Crippen molar-refractivity contribution in [2.45, 2.75) is 29.9 Å². The predicted octanol–water partition coefficient (Wildman–Crippen LogP) is 2.09. The van der Waals surface area contributed by atoms with Crippen molar-refractivity contribution >= 4 is 29.3 Å². The third-order valence-electron chi connectivity index (χ3n) is 3.45. The van der Waals surface area contributed by atoms with Gasteiger partial charge in [-0.1, -0.05) is 23.7 Å². The van der Waals surface area contributed by atoms with E-state index in [4.69, 9.17) is 16.3 Å². The molecule has 1 heterocycles. The van der Waals surface area contributed by atoms with Crippen molar-refractivity contribution in [3.8, 4) is 0 Å². The predicted molar refractivity (Wildman–Crippen MR) is 80.2 cm³/mol. The van der Waals surface area contributed by atoms with Crippen LogP contribution in [-0.4, -0.2) is 41.6 Å². The molecule has 1 fully saturated rings. The summed E-state index contributed by atoms with van der Waals surface area (Å²) >= 11 is 7.40. The van der Waals surface area contributed by atoms with E-state index in [-0.39, 0.29) is 24.3 Å². The number of rotatable bonds is 5. The first-order valence-electron chi connectivity index (χ1n) is 6.49. The number of hydrogen-bond acceptors (Lipinski definition) is 4. The zero-order chi connectivity index (χ0) is 14.6. The summed E-state index contributed by atoms with van der Waals surface area (Å²) in [6.45, 7) is 2.57. The molecule has 2 N–H and O–H groups in total. The molecule has 6 heteroatoms. The first-order chi connectivity index (χ1) is 9.51. The lowest BCUT2D eigenvalue weighted by molar-refractivity contribution is -0.120. The Bertz CT molecular complexity index is 485. The van der Waals surface area contributed by atoms with Gasteiger partial charge in [-0.3, -0.25) is 4.79 Å². The number of halogens is 1. The van der Waals surface area contributed by atoms with Crippen LogP contribution in [0.5, 0.6) is 0 Å². The van der Waals surface area contributed by atoms with Crippen LogP contribution >= 0.6 is 23.4 Å². The average molecular weight is 316 g/mol. The van der Waals surface area contributed by atoms with Crippen LogP contribution in [0.4, 0.5) is 0 Å². The van der Waals surface area contributed by atoms with Gasteiger partial charge in [-0.25, -0.2) is 0 Å². The molecule has 1 amide bonds. The van der Waals surface area contributed by atoms with Crippen LogP contribution in [0.2, 0.25) is 5.02 Å². The first kappa shape index (κ1) is 15.6. The number of nitrogens with one attached hydrogen (secondary N) is 1. The highest BCUT2D eigenvalue weighted by molar-refractivity contribution is 8.00. The Labute approximate surface area is 127 Å². The standard InChI is InChI=1S/C14H18ClNO3S/c1-10-14(18,6-7-19-10)9-16-13(17)8-20-12-5-3-2-4-11(12)15/h2-5,10,18H,6-9H2,1H3,(H,16,17). The number of ether oxygens (including phenoxy) is 1.